The predicted molar refractivity (Wildman–Crippen MR) is 89.1 cm³/mol. The maximum Gasteiger partial charge on any atom is 0.0910 e. The summed E-state index contributed by atoms with van der Waals surface area (Å²) in [5, 5.41) is 9.96. The second-order valence-electron chi connectivity index (χ2n) is 4.91. The van der Waals surface area contributed by atoms with Gasteiger partial charge in [-0.2, -0.15) is 0 Å². The number of aliphatic hydroxyl groups excluding tert-OH is 1. The summed E-state index contributed by atoms with van der Waals surface area (Å²) in [6, 6.07) is 8.06. The summed E-state index contributed by atoms with van der Waals surface area (Å²) in [5.74, 6) is 0. The van der Waals surface area contributed by atoms with Gasteiger partial charge in [0.15, 0.2) is 0 Å². The average Bonchev–Trinajstić information content (AvgIpc) is 2.50. The minimum absolute atomic E-state index is 0.0289. The molecule has 0 radical (unpaired) electrons. The lowest BCUT2D eigenvalue weighted by Gasteiger charge is -2.10. The van der Waals surface area contributed by atoms with Crippen LogP contribution in [0.1, 0.15) is 18.2 Å². The molecule has 1 aromatic carbocycles. The molecular weight excluding hydrogens is 262 g/mol. The SMILES string of the molecule is CCN(C)/C=N/c1cc2cccc(/C=C/CO)c2nc1C. The lowest BCUT2D eigenvalue weighted by molar-refractivity contribution is 0.343. The van der Waals surface area contributed by atoms with Crippen LogP contribution in [0.15, 0.2) is 35.3 Å². The highest BCUT2D eigenvalue weighted by Crippen LogP contribution is 2.25. The zero-order chi connectivity index (χ0) is 15.2. The van der Waals surface area contributed by atoms with E-state index in [9.17, 15) is 0 Å². The summed E-state index contributed by atoms with van der Waals surface area (Å²) >= 11 is 0. The van der Waals surface area contributed by atoms with Gasteiger partial charge in [-0.05, 0) is 19.9 Å². The van der Waals surface area contributed by atoms with Crippen molar-refractivity contribution in [1.29, 1.82) is 0 Å². The molecule has 0 aliphatic rings. The number of para-hydroxylation sites is 1. The van der Waals surface area contributed by atoms with Gasteiger partial charge in [0.25, 0.3) is 0 Å². The molecule has 1 N–H and O–H groups in total. The third-order valence-electron chi connectivity index (χ3n) is 3.34. The van der Waals surface area contributed by atoms with Crippen molar-refractivity contribution in [1.82, 2.24) is 9.88 Å². The van der Waals surface area contributed by atoms with E-state index in [1.54, 1.807) is 6.08 Å². The summed E-state index contributed by atoms with van der Waals surface area (Å²) in [4.78, 5) is 11.2. The Hall–Kier alpha value is -2.20. The van der Waals surface area contributed by atoms with E-state index in [0.717, 1.165) is 34.4 Å². The first-order chi connectivity index (χ1) is 10.2. The number of aliphatic imine (C=N–C) groups is 1. The Labute approximate surface area is 125 Å². The highest BCUT2D eigenvalue weighted by Gasteiger charge is 2.05. The molecule has 0 unspecified atom stereocenters. The van der Waals surface area contributed by atoms with Gasteiger partial charge in [-0.25, -0.2) is 4.99 Å². The van der Waals surface area contributed by atoms with Crippen molar-refractivity contribution in [3.63, 3.8) is 0 Å². The zero-order valence-electron chi connectivity index (χ0n) is 12.7. The number of aliphatic hydroxyl groups is 1. The van der Waals surface area contributed by atoms with Crippen LogP contribution in [0.5, 0.6) is 0 Å². The fourth-order valence-corrected chi connectivity index (χ4v) is 1.99. The van der Waals surface area contributed by atoms with Gasteiger partial charge in [0.2, 0.25) is 0 Å². The predicted octanol–water partition coefficient (Wildman–Crippen LogP) is 3.16. The van der Waals surface area contributed by atoms with Crippen molar-refractivity contribution >= 4 is 29.0 Å². The van der Waals surface area contributed by atoms with E-state index in [0.29, 0.717) is 0 Å². The molecule has 4 heteroatoms. The van der Waals surface area contributed by atoms with E-state index in [2.05, 4.69) is 16.9 Å². The number of fused-ring (bicyclic) bond motifs is 1. The van der Waals surface area contributed by atoms with Crippen molar-refractivity contribution in [2.75, 3.05) is 20.2 Å². The van der Waals surface area contributed by atoms with Gasteiger partial charge in [0.1, 0.15) is 0 Å². The number of nitrogens with zero attached hydrogens (tertiary/aromatic N) is 3. The van der Waals surface area contributed by atoms with Crippen LogP contribution in [0.4, 0.5) is 5.69 Å². The fourth-order valence-electron chi connectivity index (χ4n) is 1.99. The van der Waals surface area contributed by atoms with Gasteiger partial charge in [0.05, 0.1) is 29.8 Å². The standard InChI is InChI=1S/C17H21N3O/c1-4-20(3)12-18-16-11-15-8-5-7-14(9-6-10-21)17(15)19-13(16)2/h5-9,11-12,21H,4,10H2,1-3H3/b9-6+,18-12+. The molecule has 0 aliphatic carbocycles. The van der Waals surface area contributed by atoms with Crippen molar-refractivity contribution in [2.24, 2.45) is 4.99 Å². The van der Waals surface area contributed by atoms with Crippen molar-refractivity contribution in [3.05, 3.63) is 41.6 Å². The van der Waals surface area contributed by atoms with E-state index in [1.807, 2.05) is 55.6 Å². The molecule has 2 rings (SSSR count). The van der Waals surface area contributed by atoms with Gasteiger partial charge in [0, 0.05) is 24.5 Å². The van der Waals surface area contributed by atoms with Gasteiger partial charge in [-0.3, -0.25) is 4.98 Å². The topological polar surface area (TPSA) is 48.7 Å². The van der Waals surface area contributed by atoms with Crippen LogP contribution in [-0.4, -0.2) is 41.5 Å². The van der Waals surface area contributed by atoms with Crippen LogP contribution in [0, 0.1) is 6.92 Å². The Kier molecular flexibility index (Phi) is 5.06. The largest absolute Gasteiger partial charge is 0.392 e. The first-order valence-corrected chi connectivity index (χ1v) is 7.08. The third kappa shape index (κ3) is 3.67. The summed E-state index contributed by atoms with van der Waals surface area (Å²) in [6.07, 6.45) is 5.43. The summed E-state index contributed by atoms with van der Waals surface area (Å²) < 4.78 is 0. The van der Waals surface area contributed by atoms with E-state index < -0.39 is 0 Å². The quantitative estimate of drug-likeness (QED) is 0.677. The van der Waals surface area contributed by atoms with Crippen LogP contribution in [0.2, 0.25) is 0 Å². The van der Waals surface area contributed by atoms with Gasteiger partial charge in [-0.15, -0.1) is 0 Å². The van der Waals surface area contributed by atoms with Crippen LogP contribution in [-0.2, 0) is 0 Å². The Morgan fingerprint density at radius 3 is 2.90 bits per heavy atom. The Morgan fingerprint density at radius 1 is 1.38 bits per heavy atom. The minimum atomic E-state index is 0.0289. The molecule has 2 aromatic rings. The van der Waals surface area contributed by atoms with Gasteiger partial charge >= 0.3 is 0 Å². The summed E-state index contributed by atoms with van der Waals surface area (Å²) in [6.45, 7) is 4.99. The highest BCUT2D eigenvalue weighted by molar-refractivity contribution is 5.89. The number of aryl methyl sites for hydroxylation is 1. The molecule has 110 valence electrons. The van der Waals surface area contributed by atoms with E-state index >= 15 is 0 Å². The molecule has 0 aliphatic heterocycles. The Bertz CT molecular complexity index is 677. The molecule has 0 saturated carbocycles. The minimum Gasteiger partial charge on any atom is -0.392 e. The monoisotopic (exact) mass is 283 g/mol. The van der Waals surface area contributed by atoms with Crippen LogP contribution < -0.4 is 0 Å². The third-order valence-corrected chi connectivity index (χ3v) is 3.34. The molecule has 0 atom stereocenters. The lowest BCUT2D eigenvalue weighted by atomic mass is 10.1. The number of pyridine rings is 1. The van der Waals surface area contributed by atoms with Crippen LogP contribution in [0.25, 0.3) is 17.0 Å². The average molecular weight is 283 g/mol. The zero-order valence-corrected chi connectivity index (χ0v) is 12.7. The van der Waals surface area contributed by atoms with Crippen molar-refractivity contribution in [3.8, 4) is 0 Å². The summed E-state index contributed by atoms with van der Waals surface area (Å²) in [5.41, 5.74) is 3.72. The van der Waals surface area contributed by atoms with Crippen LogP contribution >= 0.6 is 0 Å². The molecule has 0 saturated heterocycles. The first-order valence-electron chi connectivity index (χ1n) is 7.08. The van der Waals surface area contributed by atoms with Crippen molar-refractivity contribution in [2.45, 2.75) is 13.8 Å². The smallest absolute Gasteiger partial charge is 0.0910 e. The molecule has 4 nitrogen and oxygen atoms in total. The fraction of sp³-hybridized carbons (Fsp3) is 0.294. The number of hydrogen-bond acceptors (Lipinski definition) is 3. The second kappa shape index (κ2) is 6.99. The molecule has 21 heavy (non-hydrogen) atoms. The molecule has 0 spiro atoms. The summed E-state index contributed by atoms with van der Waals surface area (Å²) in [7, 11) is 1.99. The number of benzene rings is 1. The molecule has 0 bridgehead atoms. The molecule has 0 fully saturated rings. The Balaban J connectivity index is 2.47. The first kappa shape index (κ1) is 15.2. The van der Waals surface area contributed by atoms with Crippen LogP contribution in [0.3, 0.4) is 0 Å². The highest BCUT2D eigenvalue weighted by atomic mass is 16.2. The van der Waals surface area contributed by atoms with E-state index in [1.165, 1.54) is 0 Å². The molecule has 0 amide bonds. The molecular formula is C17H21N3O. The van der Waals surface area contributed by atoms with E-state index in [-0.39, 0.29) is 6.61 Å². The van der Waals surface area contributed by atoms with Crippen molar-refractivity contribution < 1.29 is 5.11 Å². The number of aromatic nitrogens is 1. The number of hydrogen-bond donors (Lipinski definition) is 1. The van der Waals surface area contributed by atoms with E-state index in [4.69, 9.17) is 5.11 Å². The normalized spacial score (nSPS) is 11.8. The van der Waals surface area contributed by atoms with Gasteiger partial charge < -0.3 is 10.0 Å². The maximum atomic E-state index is 8.91. The van der Waals surface area contributed by atoms with Gasteiger partial charge in [-0.1, -0.05) is 30.4 Å². The Morgan fingerprint density at radius 2 is 2.19 bits per heavy atom. The molecule has 1 aromatic heterocycles. The molecule has 1 heterocycles. The second-order valence-corrected chi connectivity index (χ2v) is 4.91. The maximum absolute atomic E-state index is 8.91. The lowest BCUT2D eigenvalue weighted by Crippen LogP contribution is -2.14. The number of rotatable bonds is 5.